The number of hydrogen-bond acceptors (Lipinski definition) is 7. The molecule has 1 aromatic heterocycles. The largest absolute Gasteiger partial charge is 0.399 e. The highest BCUT2D eigenvalue weighted by Gasteiger charge is 2.25. The van der Waals surface area contributed by atoms with Gasteiger partial charge in [0.05, 0.1) is 6.73 Å². The molecule has 0 aliphatic carbocycles. The molecule has 2 rings (SSSR count). The van der Waals surface area contributed by atoms with E-state index in [9.17, 15) is 4.57 Å². The van der Waals surface area contributed by atoms with Crippen molar-refractivity contribution < 1.29 is 13.8 Å². The lowest BCUT2D eigenvalue weighted by Gasteiger charge is -2.03. The summed E-state index contributed by atoms with van der Waals surface area (Å²) in [6, 6.07) is 5.18. The third-order valence-corrected chi connectivity index (χ3v) is 4.62. The SMILES string of the molecule is NCOC(S[PH+]=O)c1nc(Cc2ccc(Cl)cc2Cl)no1. The van der Waals surface area contributed by atoms with Crippen LogP contribution in [-0.4, -0.2) is 16.9 Å². The molecule has 10 heteroatoms. The van der Waals surface area contributed by atoms with Crippen LogP contribution >= 0.6 is 42.2 Å². The molecular formula is C11H11Cl2N3O3PS+. The lowest BCUT2D eigenvalue weighted by molar-refractivity contribution is 0.0963. The van der Waals surface area contributed by atoms with Gasteiger partial charge in [-0.25, -0.2) is 0 Å². The number of aromatic nitrogens is 2. The molecule has 112 valence electrons. The molecule has 1 heterocycles. The Labute approximate surface area is 136 Å². The predicted molar refractivity (Wildman–Crippen MR) is 83.0 cm³/mol. The average molecular weight is 367 g/mol. The van der Waals surface area contributed by atoms with Crippen molar-refractivity contribution in [1.82, 2.24) is 10.1 Å². The molecule has 0 saturated carbocycles. The highest BCUT2D eigenvalue weighted by atomic mass is 35.5. The van der Waals surface area contributed by atoms with Gasteiger partial charge >= 0.3 is 7.66 Å². The number of rotatable bonds is 7. The highest BCUT2D eigenvalue weighted by Crippen LogP contribution is 2.36. The zero-order valence-electron chi connectivity index (χ0n) is 10.6. The standard InChI is InChI=1S/C11H10Cl2N3O3PS/c12-7-2-1-6(8(13)4-7)3-9-15-10(19-16-9)11(18-5-14)21-20-17/h1-2,4,11H,3,5,14H2/p+1. The van der Waals surface area contributed by atoms with Gasteiger partial charge in [-0.15, -0.1) is 0 Å². The van der Waals surface area contributed by atoms with Crippen LogP contribution in [0.3, 0.4) is 0 Å². The Hall–Kier alpha value is -0.690. The Morgan fingerprint density at radius 2 is 2.29 bits per heavy atom. The van der Waals surface area contributed by atoms with Gasteiger partial charge in [-0.1, -0.05) is 39.0 Å². The van der Waals surface area contributed by atoms with Crippen LogP contribution in [-0.2, 0) is 15.7 Å². The average Bonchev–Trinajstić information content (AvgIpc) is 2.90. The topological polar surface area (TPSA) is 91.2 Å². The smallest absolute Gasteiger partial charge is 0.339 e. The summed E-state index contributed by atoms with van der Waals surface area (Å²) in [5.41, 5.74) is 5.48. The molecule has 2 N–H and O–H groups in total. The Morgan fingerprint density at radius 1 is 1.48 bits per heavy atom. The minimum atomic E-state index is -0.646. The summed E-state index contributed by atoms with van der Waals surface area (Å²) in [5.74, 6) is 0.656. The van der Waals surface area contributed by atoms with E-state index < -0.39 is 13.1 Å². The van der Waals surface area contributed by atoms with Crippen molar-refractivity contribution >= 4 is 42.2 Å². The summed E-state index contributed by atoms with van der Waals surface area (Å²) in [4.78, 5) is 4.20. The lowest BCUT2D eigenvalue weighted by atomic mass is 10.1. The molecule has 0 radical (unpaired) electrons. The van der Waals surface area contributed by atoms with E-state index in [2.05, 4.69) is 10.1 Å². The number of hydrogen-bond donors (Lipinski definition) is 1. The van der Waals surface area contributed by atoms with Crippen molar-refractivity contribution in [2.24, 2.45) is 5.73 Å². The van der Waals surface area contributed by atoms with E-state index in [0.29, 0.717) is 22.3 Å². The van der Waals surface area contributed by atoms with Crippen LogP contribution < -0.4 is 5.73 Å². The van der Waals surface area contributed by atoms with E-state index in [1.54, 1.807) is 18.2 Å². The number of nitrogens with two attached hydrogens (primary N) is 1. The number of halogens is 2. The summed E-state index contributed by atoms with van der Waals surface area (Å²) in [7, 11) is -0.625. The quantitative estimate of drug-likeness (QED) is 0.591. The second-order valence-electron chi connectivity index (χ2n) is 3.83. The van der Waals surface area contributed by atoms with Crippen LogP contribution in [0.15, 0.2) is 22.7 Å². The van der Waals surface area contributed by atoms with Gasteiger partial charge in [-0.2, -0.15) is 4.98 Å². The summed E-state index contributed by atoms with van der Waals surface area (Å²) < 4.78 is 21.0. The number of nitrogens with zero attached hydrogens (tertiary/aromatic N) is 2. The summed E-state index contributed by atoms with van der Waals surface area (Å²) in [6.45, 7) is -0.0388. The van der Waals surface area contributed by atoms with Gasteiger partial charge in [0.2, 0.25) is 5.44 Å². The molecule has 21 heavy (non-hydrogen) atoms. The molecule has 2 aromatic rings. The van der Waals surface area contributed by atoms with Crippen LogP contribution in [0, 0.1) is 0 Å². The van der Waals surface area contributed by atoms with Gasteiger partial charge in [-0.05, 0) is 17.7 Å². The fourth-order valence-corrected chi connectivity index (χ4v) is 3.23. The van der Waals surface area contributed by atoms with Crippen molar-refractivity contribution in [2.45, 2.75) is 11.9 Å². The molecular weight excluding hydrogens is 356 g/mol. The molecule has 1 aromatic carbocycles. The van der Waals surface area contributed by atoms with Crippen molar-refractivity contribution in [3.05, 3.63) is 45.5 Å². The third-order valence-electron chi connectivity index (χ3n) is 2.45. The summed E-state index contributed by atoms with van der Waals surface area (Å²) in [5, 5.41) is 4.93. The van der Waals surface area contributed by atoms with Crippen LogP contribution in [0.4, 0.5) is 0 Å². The fourth-order valence-electron chi connectivity index (χ4n) is 1.56. The maximum Gasteiger partial charge on any atom is 0.399 e. The molecule has 0 aliphatic rings. The predicted octanol–water partition coefficient (Wildman–Crippen LogP) is 3.57. The van der Waals surface area contributed by atoms with Gasteiger partial charge in [0.15, 0.2) is 17.2 Å². The fraction of sp³-hybridized carbons (Fsp3) is 0.273. The van der Waals surface area contributed by atoms with Crippen LogP contribution in [0.1, 0.15) is 22.7 Å². The number of benzene rings is 1. The second-order valence-corrected chi connectivity index (χ2v) is 6.71. The summed E-state index contributed by atoms with van der Waals surface area (Å²) in [6.07, 6.45) is 0.388. The monoisotopic (exact) mass is 366 g/mol. The van der Waals surface area contributed by atoms with Gasteiger partial charge < -0.3 is 15.0 Å². The minimum Gasteiger partial charge on any atom is -0.339 e. The summed E-state index contributed by atoms with van der Waals surface area (Å²) >= 11 is 12.9. The molecule has 2 atom stereocenters. The zero-order valence-corrected chi connectivity index (χ0v) is 13.9. The van der Waals surface area contributed by atoms with Crippen molar-refractivity contribution in [2.75, 3.05) is 6.73 Å². The first kappa shape index (κ1) is 16.7. The van der Waals surface area contributed by atoms with Gasteiger partial charge in [-0.3, -0.25) is 0 Å². The maximum absolute atomic E-state index is 10.7. The van der Waals surface area contributed by atoms with Gasteiger partial charge in [0.1, 0.15) is 0 Å². The molecule has 0 saturated heterocycles. The Morgan fingerprint density at radius 3 is 2.95 bits per heavy atom. The first-order valence-corrected chi connectivity index (χ1v) is 9.01. The Kier molecular flexibility index (Phi) is 6.41. The molecule has 0 spiro atoms. The molecule has 0 aliphatic heterocycles. The van der Waals surface area contributed by atoms with E-state index in [4.69, 9.17) is 38.2 Å². The van der Waals surface area contributed by atoms with E-state index in [1.165, 1.54) is 0 Å². The number of ether oxygens (including phenoxy) is 1. The molecule has 0 bridgehead atoms. The van der Waals surface area contributed by atoms with Gasteiger partial charge in [0, 0.05) is 16.5 Å². The van der Waals surface area contributed by atoms with Crippen LogP contribution in [0.25, 0.3) is 0 Å². The first-order valence-electron chi connectivity index (χ1n) is 5.75. The second kappa shape index (κ2) is 8.08. The van der Waals surface area contributed by atoms with Crippen molar-refractivity contribution in [1.29, 1.82) is 0 Å². The molecule has 0 fully saturated rings. The molecule has 0 amide bonds. The molecule has 2 unspecified atom stereocenters. The highest BCUT2D eigenvalue weighted by molar-refractivity contribution is 8.45. The van der Waals surface area contributed by atoms with E-state index in [1.807, 2.05) is 0 Å². The van der Waals surface area contributed by atoms with Gasteiger partial charge in [0.25, 0.3) is 5.89 Å². The Balaban J connectivity index is 2.13. The Bertz CT molecular complexity index is 629. The molecule has 6 nitrogen and oxygen atoms in total. The zero-order chi connectivity index (χ0) is 15.2. The van der Waals surface area contributed by atoms with E-state index >= 15 is 0 Å². The van der Waals surface area contributed by atoms with Crippen LogP contribution in [0.2, 0.25) is 10.0 Å². The third kappa shape index (κ3) is 4.64. The van der Waals surface area contributed by atoms with Crippen molar-refractivity contribution in [3.8, 4) is 0 Å². The maximum atomic E-state index is 10.7. The van der Waals surface area contributed by atoms with Crippen molar-refractivity contribution in [3.63, 3.8) is 0 Å². The van der Waals surface area contributed by atoms with E-state index in [0.717, 1.165) is 16.9 Å². The van der Waals surface area contributed by atoms with Crippen LogP contribution in [0.5, 0.6) is 0 Å². The minimum absolute atomic E-state index is 0.0388. The van der Waals surface area contributed by atoms with E-state index in [-0.39, 0.29) is 12.6 Å². The lowest BCUT2D eigenvalue weighted by Crippen LogP contribution is -2.08. The first-order chi connectivity index (χ1) is 10.1. The normalized spacial score (nSPS) is 12.7.